The Bertz CT molecular complexity index is 784. The molecule has 0 saturated carbocycles. The van der Waals surface area contributed by atoms with Crippen LogP contribution in [0.15, 0.2) is 59.6 Å². The number of nitrogens with zero attached hydrogens (tertiary/aromatic N) is 1. The highest BCUT2D eigenvalue weighted by atomic mass is 16.3. The molecule has 26 heavy (non-hydrogen) atoms. The van der Waals surface area contributed by atoms with Gasteiger partial charge in [-0.3, -0.25) is 4.99 Å². The van der Waals surface area contributed by atoms with Crippen LogP contribution in [-0.4, -0.2) is 16.9 Å². The summed E-state index contributed by atoms with van der Waals surface area (Å²) in [5.41, 5.74) is 5.00. The smallest absolute Gasteiger partial charge is 0.115 e. The van der Waals surface area contributed by atoms with Gasteiger partial charge in [-0.1, -0.05) is 67.8 Å². The van der Waals surface area contributed by atoms with E-state index in [1.165, 1.54) is 22.3 Å². The lowest BCUT2D eigenvalue weighted by atomic mass is 9.69. The van der Waals surface area contributed by atoms with Crippen molar-refractivity contribution >= 4 is 6.21 Å². The Kier molecular flexibility index (Phi) is 5.31. The Labute approximate surface area is 157 Å². The summed E-state index contributed by atoms with van der Waals surface area (Å²) in [7, 11) is 0. The van der Waals surface area contributed by atoms with Crippen LogP contribution in [0.3, 0.4) is 0 Å². The van der Waals surface area contributed by atoms with Gasteiger partial charge in [0.05, 0.1) is 5.54 Å². The number of aliphatic imine (C=N–C) groups is 1. The molecule has 1 N–H and O–H groups in total. The summed E-state index contributed by atoms with van der Waals surface area (Å²) < 4.78 is 0. The van der Waals surface area contributed by atoms with Crippen molar-refractivity contribution in [2.45, 2.75) is 52.0 Å². The van der Waals surface area contributed by atoms with Gasteiger partial charge >= 0.3 is 0 Å². The average Bonchev–Trinajstić information content (AvgIpc) is 3.10. The van der Waals surface area contributed by atoms with E-state index in [0.29, 0.717) is 17.6 Å². The third-order valence-electron chi connectivity index (χ3n) is 5.75. The highest BCUT2D eigenvalue weighted by Crippen LogP contribution is 2.43. The van der Waals surface area contributed by atoms with Gasteiger partial charge in [0, 0.05) is 12.1 Å². The third-order valence-corrected chi connectivity index (χ3v) is 5.75. The lowest BCUT2D eigenvalue weighted by molar-refractivity contribution is 0.286. The number of hydrogen-bond donors (Lipinski definition) is 1. The average molecular weight is 348 g/mol. The van der Waals surface area contributed by atoms with E-state index in [1.807, 2.05) is 18.3 Å². The first-order valence-electron chi connectivity index (χ1n) is 9.53. The number of phenols is 1. The number of aromatic hydroxyl groups is 1. The molecule has 2 nitrogen and oxygen atoms in total. The first-order chi connectivity index (χ1) is 12.4. The largest absolute Gasteiger partial charge is 0.508 e. The van der Waals surface area contributed by atoms with Crippen LogP contribution in [0.1, 0.15) is 48.4 Å². The van der Waals surface area contributed by atoms with Crippen molar-refractivity contribution in [3.05, 3.63) is 76.9 Å². The number of benzene rings is 2. The van der Waals surface area contributed by atoms with Crippen LogP contribution in [0.2, 0.25) is 0 Å². The molecule has 0 bridgehead atoms. The predicted octanol–water partition coefficient (Wildman–Crippen LogP) is 5.76. The molecule has 1 aliphatic heterocycles. The number of aryl methyl sites for hydroxylation is 2. The molecule has 0 radical (unpaired) electrons. The summed E-state index contributed by atoms with van der Waals surface area (Å²) in [6.07, 6.45) is 8.35. The quantitative estimate of drug-likeness (QED) is 0.708. The van der Waals surface area contributed by atoms with Crippen LogP contribution in [0.4, 0.5) is 0 Å². The molecule has 2 aromatic rings. The first kappa shape index (κ1) is 18.4. The topological polar surface area (TPSA) is 32.6 Å². The van der Waals surface area contributed by atoms with Crippen LogP contribution in [-0.2, 0) is 6.42 Å². The highest BCUT2D eigenvalue weighted by Gasteiger charge is 2.42. The van der Waals surface area contributed by atoms with Gasteiger partial charge in [0.1, 0.15) is 5.75 Å². The predicted molar refractivity (Wildman–Crippen MR) is 110 cm³/mol. The number of allylic oxidation sites excluding steroid dienone is 1. The van der Waals surface area contributed by atoms with Crippen LogP contribution in [0.25, 0.3) is 0 Å². The summed E-state index contributed by atoms with van der Waals surface area (Å²) in [6, 6.07) is 14.4. The van der Waals surface area contributed by atoms with E-state index in [4.69, 9.17) is 4.99 Å². The SMILES string of the molecule is CCC(Cc1ccc(O)cc1)C1(C(C)c2cc(C)cc(C)c2)C=CC=N1. The third kappa shape index (κ3) is 3.60. The zero-order valence-corrected chi connectivity index (χ0v) is 16.2. The monoisotopic (exact) mass is 347 g/mol. The van der Waals surface area contributed by atoms with Gasteiger partial charge in [0.2, 0.25) is 0 Å². The molecule has 3 atom stereocenters. The summed E-state index contributed by atoms with van der Waals surface area (Å²) in [5, 5.41) is 9.56. The van der Waals surface area contributed by atoms with Crippen LogP contribution < -0.4 is 0 Å². The summed E-state index contributed by atoms with van der Waals surface area (Å²) in [4.78, 5) is 5.00. The second kappa shape index (κ2) is 7.49. The maximum Gasteiger partial charge on any atom is 0.115 e. The van der Waals surface area contributed by atoms with Crippen LogP contribution in [0.5, 0.6) is 5.75 Å². The minimum Gasteiger partial charge on any atom is -0.508 e. The number of rotatable bonds is 6. The zero-order chi connectivity index (χ0) is 18.7. The summed E-state index contributed by atoms with van der Waals surface area (Å²) in [5.74, 6) is 1.02. The molecule has 0 aliphatic carbocycles. The Morgan fingerprint density at radius 1 is 1.04 bits per heavy atom. The Morgan fingerprint density at radius 3 is 2.23 bits per heavy atom. The maximum absolute atomic E-state index is 9.56. The van der Waals surface area contributed by atoms with Crippen molar-refractivity contribution in [2.24, 2.45) is 10.9 Å². The van der Waals surface area contributed by atoms with Crippen LogP contribution >= 0.6 is 0 Å². The van der Waals surface area contributed by atoms with E-state index < -0.39 is 0 Å². The Balaban J connectivity index is 1.96. The van der Waals surface area contributed by atoms with Crippen molar-refractivity contribution in [3.8, 4) is 5.75 Å². The fourth-order valence-corrected chi connectivity index (χ4v) is 4.34. The Morgan fingerprint density at radius 2 is 1.69 bits per heavy atom. The molecule has 1 aliphatic rings. The molecule has 1 heterocycles. The lowest BCUT2D eigenvalue weighted by Crippen LogP contribution is -2.39. The minimum atomic E-state index is -0.215. The fourth-order valence-electron chi connectivity index (χ4n) is 4.34. The van der Waals surface area contributed by atoms with Crippen molar-refractivity contribution < 1.29 is 5.11 Å². The molecular formula is C24H29NO. The van der Waals surface area contributed by atoms with Gasteiger partial charge in [-0.05, 0) is 55.5 Å². The van der Waals surface area contributed by atoms with E-state index in [-0.39, 0.29) is 5.54 Å². The standard InChI is InChI=1S/C24H29NO/c1-5-22(16-20-7-9-23(26)10-8-20)24(11-6-12-25-24)19(4)21-14-17(2)13-18(3)15-21/h6-15,19,22,26H,5,16H2,1-4H3. The van der Waals surface area contributed by atoms with E-state index in [2.05, 4.69) is 58.0 Å². The second-order valence-corrected chi connectivity index (χ2v) is 7.64. The van der Waals surface area contributed by atoms with Crippen molar-refractivity contribution in [3.63, 3.8) is 0 Å². The molecule has 0 aromatic heterocycles. The number of hydrogen-bond acceptors (Lipinski definition) is 2. The fraction of sp³-hybridized carbons (Fsp3) is 0.375. The number of phenolic OH excluding ortho intramolecular Hbond substituents is 1. The highest BCUT2D eigenvalue weighted by molar-refractivity contribution is 5.76. The van der Waals surface area contributed by atoms with Crippen LogP contribution in [0, 0.1) is 19.8 Å². The van der Waals surface area contributed by atoms with Gasteiger partial charge in [-0.2, -0.15) is 0 Å². The second-order valence-electron chi connectivity index (χ2n) is 7.64. The summed E-state index contributed by atoms with van der Waals surface area (Å²) in [6.45, 7) is 8.89. The molecule has 0 saturated heterocycles. The van der Waals surface area contributed by atoms with E-state index >= 15 is 0 Å². The van der Waals surface area contributed by atoms with E-state index in [0.717, 1.165) is 12.8 Å². The maximum atomic E-state index is 9.56. The summed E-state index contributed by atoms with van der Waals surface area (Å²) >= 11 is 0. The first-order valence-corrected chi connectivity index (χ1v) is 9.53. The zero-order valence-electron chi connectivity index (χ0n) is 16.2. The van der Waals surface area contributed by atoms with Crippen molar-refractivity contribution in [1.29, 1.82) is 0 Å². The molecule has 3 unspecified atom stereocenters. The molecule has 136 valence electrons. The molecule has 0 amide bonds. The van der Waals surface area contributed by atoms with Gasteiger partial charge in [0.25, 0.3) is 0 Å². The Hall–Kier alpha value is -2.35. The normalized spacial score (nSPS) is 21.1. The van der Waals surface area contributed by atoms with Gasteiger partial charge in [0.15, 0.2) is 0 Å². The molecule has 0 spiro atoms. The van der Waals surface area contributed by atoms with Gasteiger partial charge in [-0.15, -0.1) is 0 Å². The van der Waals surface area contributed by atoms with Crippen molar-refractivity contribution in [1.82, 2.24) is 0 Å². The minimum absolute atomic E-state index is 0.215. The molecule has 0 fully saturated rings. The van der Waals surface area contributed by atoms with Gasteiger partial charge in [-0.25, -0.2) is 0 Å². The molecule has 2 aromatic carbocycles. The molecular weight excluding hydrogens is 318 g/mol. The van der Waals surface area contributed by atoms with Gasteiger partial charge < -0.3 is 5.11 Å². The van der Waals surface area contributed by atoms with Crippen molar-refractivity contribution in [2.75, 3.05) is 0 Å². The van der Waals surface area contributed by atoms with E-state index in [9.17, 15) is 5.11 Å². The van der Waals surface area contributed by atoms with E-state index in [1.54, 1.807) is 12.1 Å². The lowest BCUT2D eigenvalue weighted by Gasteiger charge is -2.39. The molecule has 2 heteroatoms. The molecule has 3 rings (SSSR count).